The Morgan fingerprint density at radius 2 is 1.87 bits per heavy atom. The fourth-order valence-electron chi connectivity index (χ4n) is 3.74. The molecule has 0 saturated carbocycles. The van der Waals surface area contributed by atoms with Gasteiger partial charge >= 0.3 is 5.97 Å². The normalized spacial score (nSPS) is 12.0. The molecular formula is C23H33N3O4. The summed E-state index contributed by atoms with van der Waals surface area (Å²) >= 11 is 0. The summed E-state index contributed by atoms with van der Waals surface area (Å²) < 4.78 is 10.5. The molecule has 30 heavy (non-hydrogen) atoms. The summed E-state index contributed by atoms with van der Waals surface area (Å²) in [4.78, 5) is 30.5. The van der Waals surface area contributed by atoms with Crippen molar-refractivity contribution in [2.24, 2.45) is 0 Å². The first-order valence-corrected chi connectivity index (χ1v) is 10.4. The molecule has 0 radical (unpaired) electrons. The Labute approximate surface area is 178 Å². The predicted molar refractivity (Wildman–Crippen MR) is 117 cm³/mol. The quantitative estimate of drug-likeness (QED) is 0.579. The third-order valence-electron chi connectivity index (χ3n) is 5.33. The van der Waals surface area contributed by atoms with Crippen molar-refractivity contribution in [2.75, 3.05) is 33.4 Å². The average molecular weight is 416 g/mol. The largest absolute Gasteiger partial charge is 0.497 e. The van der Waals surface area contributed by atoms with Gasteiger partial charge in [0.2, 0.25) is 0 Å². The van der Waals surface area contributed by atoms with E-state index in [1.165, 1.54) is 0 Å². The van der Waals surface area contributed by atoms with Gasteiger partial charge in [-0.2, -0.15) is 0 Å². The van der Waals surface area contributed by atoms with Crippen LogP contribution in [0.25, 0.3) is 0 Å². The second-order valence-electron chi connectivity index (χ2n) is 7.07. The lowest BCUT2D eigenvalue weighted by Crippen LogP contribution is -2.38. The molecule has 2 rings (SSSR count). The van der Waals surface area contributed by atoms with Gasteiger partial charge in [-0.25, -0.2) is 4.79 Å². The standard InChI is InChI=1S/C23H33N3O4/c1-7-26(8-2)19(17-11-10-12-18(13-17)29-6)14-24-22(27)21-15(4)20(16(5)25-21)23(28)30-9-3/h10-13,19,25H,7-9,14H2,1-6H3,(H,24,27). The highest BCUT2D eigenvalue weighted by atomic mass is 16.5. The Kier molecular flexibility index (Phi) is 8.47. The molecule has 1 aromatic carbocycles. The summed E-state index contributed by atoms with van der Waals surface area (Å²) in [5.41, 5.74) is 3.12. The number of aryl methyl sites for hydroxylation is 1. The van der Waals surface area contributed by atoms with E-state index in [9.17, 15) is 9.59 Å². The van der Waals surface area contributed by atoms with Crippen molar-refractivity contribution < 1.29 is 19.1 Å². The van der Waals surface area contributed by atoms with Crippen molar-refractivity contribution in [1.82, 2.24) is 15.2 Å². The number of carbonyl (C=O) groups is 2. The maximum Gasteiger partial charge on any atom is 0.340 e. The van der Waals surface area contributed by atoms with Gasteiger partial charge in [0.25, 0.3) is 5.91 Å². The van der Waals surface area contributed by atoms with Crippen LogP contribution in [0, 0.1) is 13.8 Å². The number of amides is 1. The third-order valence-corrected chi connectivity index (χ3v) is 5.33. The summed E-state index contributed by atoms with van der Waals surface area (Å²) in [5.74, 6) is 0.122. The van der Waals surface area contributed by atoms with Crippen LogP contribution < -0.4 is 10.1 Å². The molecule has 164 valence electrons. The van der Waals surface area contributed by atoms with Crippen LogP contribution in [-0.2, 0) is 4.74 Å². The number of hydrogen-bond donors (Lipinski definition) is 2. The molecule has 1 heterocycles. The minimum Gasteiger partial charge on any atom is -0.497 e. The van der Waals surface area contributed by atoms with Gasteiger partial charge in [0.1, 0.15) is 11.4 Å². The molecule has 0 bridgehead atoms. The number of ether oxygens (including phenoxy) is 2. The zero-order valence-corrected chi connectivity index (χ0v) is 18.8. The Morgan fingerprint density at radius 1 is 1.17 bits per heavy atom. The highest BCUT2D eigenvalue weighted by molar-refractivity contribution is 6.00. The molecule has 0 aliphatic rings. The number of hydrogen-bond acceptors (Lipinski definition) is 5. The molecule has 0 spiro atoms. The van der Waals surface area contributed by atoms with Gasteiger partial charge in [-0.3, -0.25) is 9.69 Å². The van der Waals surface area contributed by atoms with Gasteiger partial charge < -0.3 is 19.8 Å². The summed E-state index contributed by atoms with van der Waals surface area (Å²) in [6.45, 7) is 11.9. The number of likely N-dealkylation sites (N-methyl/N-ethyl adjacent to an activating group) is 1. The van der Waals surface area contributed by atoms with Gasteiger partial charge in [-0.05, 0) is 57.1 Å². The lowest BCUT2D eigenvalue weighted by molar-refractivity contribution is 0.0525. The van der Waals surface area contributed by atoms with Crippen LogP contribution in [0.15, 0.2) is 24.3 Å². The van der Waals surface area contributed by atoms with E-state index >= 15 is 0 Å². The number of nitrogens with zero attached hydrogens (tertiary/aromatic N) is 1. The maximum atomic E-state index is 12.9. The average Bonchev–Trinajstić information content (AvgIpc) is 3.05. The van der Waals surface area contributed by atoms with Crippen molar-refractivity contribution in [2.45, 2.75) is 40.7 Å². The number of H-pyrrole nitrogens is 1. The van der Waals surface area contributed by atoms with Crippen molar-refractivity contribution in [1.29, 1.82) is 0 Å². The number of methoxy groups -OCH3 is 1. The highest BCUT2D eigenvalue weighted by Crippen LogP contribution is 2.24. The summed E-state index contributed by atoms with van der Waals surface area (Å²) in [7, 11) is 1.64. The Balaban J connectivity index is 2.24. The van der Waals surface area contributed by atoms with E-state index in [0.29, 0.717) is 29.1 Å². The van der Waals surface area contributed by atoms with E-state index < -0.39 is 5.97 Å². The van der Waals surface area contributed by atoms with Crippen molar-refractivity contribution in [3.05, 3.63) is 52.3 Å². The van der Waals surface area contributed by atoms with E-state index in [4.69, 9.17) is 9.47 Å². The molecule has 1 atom stereocenters. The molecule has 0 saturated heterocycles. The zero-order valence-electron chi connectivity index (χ0n) is 18.8. The fourth-order valence-corrected chi connectivity index (χ4v) is 3.74. The number of benzene rings is 1. The smallest absolute Gasteiger partial charge is 0.340 e. The van der Waals surface area contributed by atoms with Gasteiger partial charge in [-0.15, -0.1) is 0 Å². The second kappa shape index (κ2) is 10.8. The Hall–Kier alpha value is -2.80. The number of carbonyl (C=O) groups excluding carboxylic acids is 2. The summed E-state index contributed by atoms with van der Waals surface area (Å²) in [6, 6.07) is 7.90. The van der Waals surface area contributed by atoms with Crippen molar-refractivity contribution in [3.8, 4) is 5.75 Å². The number of aromatic nitrogens is 1. The van der Waals surface area contributed by atoms with Crippen LogP contribution in [0.4, 0.5) is 0 Å². The van der Waals surface area contributed by atoms with Crippen LogP contribution in [0.1, 0.15) is 64.5 Å². The lowest BCUT2D eigenvalue weighted by atomic mass is 10.0. The summed E-state index contributed by atoms with van der Waals surface area (Å²) in [6.07, 6.45) is 0. The first-order chi connectivity index (χ1) is 14.4. The van der Waals surface area contributed by atoms with E-state index in [0.717, 1.165) is 24.4 Å². The number of aromatic amines is 1. The molecular weight excluding hydrogens is 382 g/mol. The molecule has 1 unspecified atom stereocenters. The molecule has 2 N–H and O–H groups in total. The summed E-state index contributed by atoms with van der Waals surface area (Å²) in [5, 5.41) is 3.03. The topological polar surface area (TPSA) is 83.7 Å². The molecule has 0 aliphatic carbocycles. The molecule has 0 fully saturated rings. The van der Waals surface area contributed by atoms with Crippen LogP contribution in [0.3, 0.4) is 0 Å². The molecule has 7 heteroatoms. The minimum atomic E-state index is -0.416. The van der Waals surface area contributed by atoms with E-state index in [1.54, 1.807) is 27.9 Å². The lowest BCUT2D eigenvalue weighted by Gasteiger charge is -2.30. The first kappa shape index (κ1) is 23.5. The number of rotatable bonds is 10. The SMILES string of the molecule is CCOC(=O)c1c(C)[nH]c(C(=O)NCC(c2cccc(OC)c2)N(CC)CC)c1C. The minimum absolute atomic E-state index is 0.0000533. The van der Waals surface area contributed by atoms with Crippen LogP contribution >= 0.6 is 0 Å². The van der Waals surface area contributed by atoms with E-state index in [1.807, 2.05) is 24.3 Å². The third kappa shape index (κ3) is 5.21. The monoisotopic (exact) mass is 415 g/mol. The maximum absolute atomic E-state index is 12.9. The first-order valence-electron chi connectivity index (χ1n) is 10.4. The number of esters is 1. The van der Waals surface area contributed by atoms with Crippen molar-refractivity contribution >= 4 is 11.9 Å². The van der Waals surface area contributed by atoms with Crippen LogP contribution in [0.2, 0.25) is 0 Å². The fraction of sp³-hybridized carbons (Fsp3) is 0.478. The molecule has 1 aromatic heterocycles. The molecule has 7 nitrogen and oxygen atoms in total. The second-order valence-corrected chi connectivity index (χ2v) is 7.07. The molecule has 2 aromatic rings. The zero-order chi connectivity index (χ0) is 22.3. The van der Waals surface area contributed by atoms with Gasteiger partial charge in [0, 0.05) is 12.2 Å². The Bertz CT molecular complexity index is 871. The predicted octanol–water partition coefficient (Wildman–Crippen LogP) is 3.63. The van der Waals surface area contributed by atoms with Crippen LogP contribution in [0.5, 0.6) is 5.75 Å². The van der Waals surface area contributed by atoms with Crippen molar-refractivity contribution in [3.63, 3.8) is 0 Å². The molecule has 0 aliphatic heterocycles. The molecule has 1 amide bonds. The highest BCUT2D eigenvalue weighted by Gasteiger charge is 2.24. The van der Waals surface area contributed by atoms with Crippen LogP contribution in [-0.4, -0.2) is 55.1 Å². The van der Waals surface area contributed by atoms with E-state index in [-0.39, 0.29) is 18.6 Å². The van der Waals surface area contributed by atoms with Gasteiger partial charge in [0.05, 0.1) is 25.3 Å². The van der Waals surface area contributed by atoms with Gasteiger partial charge in [0.15, 0.2) is 0 Å². The van der Waals surface area contributed by atoms with E-state index in [2.05, 4.69) is 29.0 Å². The number of nitrogens with one attached hydrogen (secondary N) is 2. The Morgan fingerprint density at radius 3 is 2.47 bits per heavy atom. The van der Waals surface area contributed by atoms with Gasteiger partial charge in [-0.1, -0.05) is 26.0 Å².